The van der Waals surface area contributed by atoms with Gasteiger partial charge in [0.25, 0.3) is 0 Å². The monoisotopic (exact) mass is 266 g/mol. The Morgan fingerprint density at radius 1 is 0.778 bits per heavy atom. The number of hydrogen-bond donors (Lipinski definition) is 0. The first-order chi connectivity index (χ1) is 3.46. The van der Waals surface area contributed by atoms with Crippen LogP contribution in [-0.2, 0) is 0 Å². The van der Waals surface area contributed by atoms with Crippen LogP contribution < -0.4 is 0 Å². The summed E-state index contributed by atoms with van der Waals surface area (Å²) < 4.78 is 0. The first-order valence-electron chi connectivity index (χ1n) is 1.10. The molecule has 0 aliphatic rings. The van der Waals surface area contributed by atoms with E-state index < -0.39 is 10.2 Å². The van der Waals surface area contributed by atoms with Crippen molar-refractivity contribution in [1.29, 1.82) is 0 Å². The summed E-state index contributed by atoms with van der Waals surface area (Å²) in [5.74, 6) is 0. The third-order valence-corrected chi connectivity index (χ3v) is 0. The molecule has 0 heterocycles. The van der Waals surface area contributed by atoms with Crippen LogP contribution in [0, 0.1) is 71.5 Å². The van der Waals surface area contributed by atoms with Gasteiger partial charge in [-0.05, 0) is 0 Å². The molecule has 0 aromatic heterocycles. The van der Waals surface area contributed by atoms with E-state index in [1.54, 1.807) is 0 Å². The van der Waals surface area contributed by atoms with Crippen LogP contribution >= 0.6 is 0 Å². The van der Waals surface area contributed by atoms with E-state index in [9.17, 15) is 0 Å². The zero-order chi connectivity index (χ0) is 7.15. The first kappa shape index (κ1) is 15.9. The second-order valence-electron chi connectivity index (χ2n) is 0.447. The topological polar surface area (TPSA) is 132 Å². The molecule has 0 fully saturated rings. The van der Waals surface area contributed by atoms with Crippen LogP contribution in [0.3, 0.4) is 0 Å². The molecule has 0 aliphatic carbocycles. The molecule has 0 saturated carbocycles. The second kappa shape index (κ2) is 10.7. The van der Waals surface area contributed by atoms with Gasteiger partial charge in [0.15, 0.2) is 0 Å². The molecule has 0 aliphatic heterocycles. The standard InChI is InChI=1S/2NO3.Nd/c2*2-1(3)4;/q2*-1;+2. The van der Waals surface area contributed by atoms with Gasteiger partial charge in [-0.25, -0.2) is 0 Å². The average molecular weight is 268 g/mol. The summed E-state index contributed by atoms with van der Waals surface area (Å²) in [4.78, 5) is 16.5. The molecule has 0 aromatic carbocycles. The summed E-state index contributed by atoms with van der Waals surface area (Å²) >= 11 is 0. The van der Waals surface area contributed by atoms with Gasteiger partial charge in [-0.1, -0.05) is 0 Å². The van der Waals surface area contributed by atoms with Crippen molar-refractivity contribution in [3.8, 4) is 0 Å². The average Bonchev–Trinajstić information content (AvgIpc) is 1.25. The molecule has 0 aromatic rings. The molecule has 0 radical (unpaired) electrons. The molecule has 0 saturated heterocycles. The van der Waals surface area contributed by atoms with Gasteiger partial charge in [-0.3, -0.25) is 0 Å². The van der Waals surface area contributed by atoms with Gasteiger partial charge in [0.05, 0.1) is 10.2 Å². The van der Waals surface area contributed by atoms with Gasteiger partial charge in [-0.2, -0.15) is 0 Å². The smallest absolute Gasteiger partial charge is 0.356 e. The minimum absolute atomic E-state index is 0. The SMILES string of the molecule is O=[N+]([O-])[O-].O=[N+]([O-])[O-].[Nd+2]. The Labute approximate surface area is 81.2 Å². The van der Waals surface area contributed by atoms with E-state index in [1.807, 2.05) is 0 Å². The molecule has 0 N–H and O–H groups in total. The van der Waals surface area contributed by atoms with Crippen LogP contribution in [0.5, 0.6) is 0 Å². The molecule has 0 spiro atoms. The van der Waals surface area contributed by atoms with E-state index in [1.165, 1.54) is 0 Å². The molecule has 8 nitrogen and oxygen atoms in total. The van der Waals surface area contributed by atoms with Crippen molar-refractivity contribution >= 4 is 0 Å². The van der Waals surface area contributed by atoms with Gasteiger partial charge in [-0.15, -0.1) is 0 Å². The van der Waals surface area contributed by atoms with Crippen LogP contribution in [0.25, 0.3) is 0 Å². The Morgan fingerprint density at radius 3 is 0.778 bits per heavy atom. The van der Waals surface area contributed by atoms with Crippen LogP contribution in [-0.4, -0.2) is 10.2 Å². The van der Waals surface area contributed by atoms with E-state index in [4.69, 9.17) is 30.6 Å². The zero-order valence-corrected chi connectivity index (χ0v) is 7.05. The molecule has 50 valence electrons. The fraction of sp³-hybridized carbons (Fsp3) is 0. The van der Waals surface area contributed by atoms with Crippen molar-refractivity contribution in [2.24, 2.45) is 0 Å². The number of nitrogens with zero attached hydrogens (tertiary/aromatic N) is 2. The number of rotatable bonds is 0. The second-order valence-corrected chi connectivity index (χ2v) is 0.447. The summed E-state index contributed by atoms with van der Waals surface area (Å²) in [6.45, 7) is 0. The minimum Gasteiger partial charge on any atom is -0.356 e. The minimum atomic E-state index is -1.75. The van der Waals surface area contributed by atoms with Gasteiger partial charge in [0.2, 0.25) is 0 Å². The van der Waals surface area contributed by atoms with E-state index in [-0.39, 0.29) is 40.8 Å². The Bertz CT molecular complexity index is 69.1. The Balaban J connectivity index is -0.0000000720. The molecule has 0 atom stereocenters. The molecule has 0 amide bonds. The maximum Gasteiger partial charge on any atom is 2.00 e. The summed E-state index contributed by atoms with van der Waals surface area (Å²) in [7, 11) is 0. The molecule has 0 bridgehead atoms. The van der Waals surface area contributed by atoms with Crippen molar-refractivity contribution in [1.82, 2.24) is 0 Å². The quantitative estimate of drug-likeness (QED) is 0.430. The third kappa shape index (κ3) is 4120. The zero-order valence-electron chi connectivity index (χ0n) is 3.84. The Kier molecular flexibility index (Phi) is 18.9. The predicted molar refractivity (Wildman–Crippen MR) is 20.7 cm³/mol. The van der Waals surface area contributed by atoms with Crippen molar-refractivity contribution in [2.45, 2.75) is 0 Å². The summed E-state index contributed by atoms with van der Waals surface area (Å²) in [6, 6.07) is 0. The van der Waals surface area contributed by atoms with Crippen molar-refractivity contribution in [3.63, 3.8) is 0 Å². The fourth-order valence-corrected chi connectivity index (χ4v) is 0. The van der Waals surface area contributed by atoms with E-state index in [2.05, 4.69) is 0 Å². The van der Waals surface area contributed by atoms with Crippen LogP contribution in [0.1, 0.15) is 0 Å². The maximum absolute atomic E-state index is 8.25. The van der Waals surface area contributed by atoms with Crippen LogP contribution in [0.2, 0.25) is 0 Å². The molecular formula is N2NdO6. The van der Waals surface area contributed by atoms with Gasteiger partial charge < -0.3 is 30.6 Å². The van der Waals surface area contributed by atoms with Crippen LogP contribution in [0.4, 0.5) is 0 Å². The number of hydrogen-bond acceptors (Lipinski definition) is 6. The van der Waals surface area contributed by atoms with Crippen molar-refractivity contribution < 1.29 is 51.0 Å². The van der Waals surface area contributed by atoms with Gasteiger partial charge in [0, 0.05) is 0 Å². The fourth-order valence-electron chi connectivity index (χ4n) is 0. The maximum atomic E-state index is 8.25. The third-order valence-electron chi connectivity index (χ3n) is 0. The largest absolute Gasteiger partial charge is 2.00 e. The Hall–Kier alpha value is -0.249. The van der Waals surface area contributed by atoms with Crippen molar-refractivity contribution in [2.75, 3.05) is 0 Å². The molecule has 0 unspecified atom stereocenters. The van der Waals surface area contributed by atoms with E-state index in [0.717, 1.165) is 0 Å². The molecule has 9 heavy (non-hydrogen) atoms. The predicted octanol–water partition coefficient (Wildman–Crippen LogP) is -0.478. The van der Waals surface area contributed by atoms with E-state index in [0.29, 0.717) is 0 Å². The summed E-state index contributed by atoms with van der Waals surface area (Å²) in [5, 5.41) is 29.5. The Morgan fingerprint density at radius 2 is 0.778 bits per heavy atom. The molecule has 0 rings (SSSR count). The normalized spacial score (nSPS) is 5.33. The van der Waals surface area contributed by atoms with Crippen molar-refractivity contribution in [3.05, 3.63) is 30.6 Å². The van der Waals surface area contributed by atoms with E-state index >= 15 is 0 Å². The summed E-state index contributed by atoms with van der Waals surface area (Å²) in [5.41, 5.74) is 0. The van der Waals surface area contributed by atoms with Gasteiger partial charge in [0.1, 0.15) is 0 Å². The first-order valence-corrected chi connectivity index (χ1v) is 1.10. The molecular weight excluding hydrogens is 268 g/mol. The molecule has 9 heteroatoms. The summed E-state index contributed by atoms with van der Waals surface area (Å²) in [6.07, 6.45) is 0. The van der Waals surface area contributed by atoms with Crippen LogP contribution in [0.15, 0.2) is 0 Å². The van der Waals surface area contributed by atoms with Gasteiger partial charge >= 0.3 is 40.8 Å².